The molecule has 0 aliphatic heterocycles. The highest BCUT2D eigenvalue weighted by Crippen LogP contribution is 2.45. The molecule has 0 bridgehead atoms. The molecule has 1 aromatic carbocycles. The second-order valence-corrected chi connectivity index (χ2v) is 7.02. The fourth-order valence-electron chi connectivity index (χ4n) is 1.67. The third-order valence-corrected chi connectivity index (χ3v) is 4.83. The first-order chi connectivity index (χ1) is 8.66. The van der Waals surface area contributed by atoms with Crippen LogP contribution in [0, 0.1) is 5.41 Å². The standard InChI is InChI=1S/C12H14F3NO2S/c1-11(6-7-11)8-16-9-4-2-3-5-10(9)19(17,18)12(13,14)15/h2-5,16H,6-8H2,1H3. The van der Waals surface area contributed by atoms with E-state index in [0.717, 1.165) is 18.9 Å². The van der Waals surface area contributed by atoms with Crippen LogP contribution in [0.3, 0.4) is 0 Å². The van der Waals surface area contributed by atoms with Crippen molar-refractivity contribution in [3.05, 3.63) is 24.3 Å². The Morgan fingerprint density at radius 3 is 2.37 bits per heavy atom. The van der Waals surface area contributed by atoms with Crippen LogP contribution in [0.5, 0.6) is 0 Å². The molecule has 1 aliphatic carbocycles. The van der Waals surface area contributed by atoms with Crippen molar-refractivity contribution >= 4 is 15.5 Å². The molecule has 1 aliphatic rings. The van der Waals surface area contributed by atoms with Crippen LogP contribution in [0.1, 0.15) is 19.8 Å². The fraction of sp³-hybridized carbons (Fsp3) is 0.500. The fourth-order valence-corrected chi connectivity index (χ4v) is 2.61. The highest BCUT2D eigenvalue weighted by molar-refractivity contribution is 7.92. The van der Waals surface area contributed by atoms with Gasteiger partial charge in [-0.1, -0.05) is 19.1 Å². The number of nitrogens with one attached hydrogen (secondary N) is 1. The van der Waals surface area contributed by atoms with Crippen molar-refractivity contribution in [1.82, 2.24) is 0 Å². The maximum Gasteiger partial charge on any atom is 0.501 e. The minimum Gasteiger partial charge on any atom is -0.383 e. The van der Waals surface area contributed by atoms with Crippen LogP contribution in [0.4, 0.5) is 18.9 Å². The monoisotopic (exact) mass is 293 g/mol. The highest BCUT2D eigenvalue weighted by atomic mass is 32.2. The minimum atomic E-state index is -5.32. The molecule has 3 nitrogen and oxygen atoms in total. The first kappa shape index (κ1) is 14.2. The van der Waals surface area contributed by atoms with E-state index in [-0.39, 0.29) is 11.1 Å². The molecule has 106 valence electrons. The second kappa shape index (κ2) is 4.40. The van der Waals surface area contributed by atoms with E-state index in [0.29, 0.717) is 6.54 Å². The number of sulfone groups is 1. The van der Waals surface area contributed by atoms with E-state index in [4.69, 9.17) is 0 Å². The summed E-state index contributed by atoms with van der Waals surface area (Å²) in [5.41, 5.74) is -5.21. The smallest absolute Gasteiger partial charge is 0.383 e. The van der Waals surface area contributed by atoms with Gasteiger partial charge >= 0.3 is 5.51 Å². The summed E-state index contributed by atoms with van der Waals surface area (Å²) in [6, 6.07) is 5.11. The van der Waals surface area contributed by atoms with Gasteiger partial charge in [-0.15, -0.1) is 0 Å². The lowest BCUT2D eigenvalue weighted by atomic mass is 10.1. The van der Waals surface area contributed by atoms with Crippen molar-refractivity contribution in [3.8, 4) is 0 Å². The molecule has 0 amide bonds. The summed E-state index contributed by atoms with van der Waals surface area (Å²) in [5, 5.41) is 2.81. The summed E-state index contributed by atoms with van der Waals surface area (Å²) in [6.07, 6.45) is 1.99. The van der Waals surface area contributed by atoms with Gasteiger partial charge in [-0.3, -0.25) is 0 Å². The number of halogens is 3. The van der Waals surface area contributed by atoms with Gasteiger partial charge in [0.1, 0.15) is 0 Å². The van der Waals surface area contributed by atoms with Crippen molar-refractivity contribution < 1.29 is 21.6 Å². The van der Waals surface area contributed by atoms with Gasteiger partial charge < -0.3 is 5.32 Å². The van der Waals surface area contributed by atoms with E-state index in [2.05, 4.69) is 5.32 Å². The van der Waals surface area contributed by atoms with Crippen molar-refractivity contribution in [2.75, 3.05) is 11.9 Å². The zero-order valence-corrected chi connectivity index (χ0v) is 11.1. The number of hydrogen-bond acceptors (Lipinski definition) is 3. The number of para-hydroxylation sites is 1. The summed E-state index contributed by atoms with van der Waals surface area (Å²) in [5.74, 6) is 0. The van der Waals surface area contributed by atoms with Crippen LogP contribution >= 0.6 is 0 Å². The molecule has 0 radical (unpaired) electrons. The summed E-state index contributed by atoms with van der Waals surface area (Å²) in [4.78, 5) is -0.716. The second-order valence-electron chi connectivity index (χ2n) is 5.11. The molecular weight excluding hydrogens is 279 g/mol. The summed E-state index contributed by atoms with van der Waals surface area (Å²) >= 11 is 0. The normalized spacial score (nSPS) is 18.1. The lowest BCUT2D eigenvalue weighted by molar-refractivity contribution is -0.0435. The van der Waals surface area contributed by atoms with E-state index in [1.807, 2.05) is 6.92 Å². The average molecular weight is 293 g/mol. The van der Waals surface area contributed by atoms with Gasteiger partial charge in [0.05, 0.1) is 10.6 Å². The number of rotatable bonds is 4. The van der Waals surface area contributed by atoms with Gasteiger partial charge in [0.15, 0.2) is 0 Å². The molecule has 2 rings (SSSR count). The zero-order chi connectivity index (χ0) is 14.3. The van der Waals surface area contributed by atoms with Crippen LogP contribution in [-0.4, -0.2) is 20.5 Å². The van der Waals surface area contributed by atoms with E-state index < -0.39 is 20.2 Å². The van der Waals surface area contributed by atoms with Gasteiger partial charge in [-0.05, 0) is 30.4 Å². The molecule has 1 saturated carbocycles. The van der Waals surface area contributed by atoms with Gasteiger partial charge in [0, 0.05) is 6.54 Å². The van der Waals surface area contributed by atoms with Crippen LogP contribution in [0.15, 0.2) is 29.2 Å². The van der Waals surface area contributed by atoms with Crippen molar-refractivity contribution in [1.29, 1.82) is 0 Å². The van der Waals surface area contributed by atoms with E-state index in [9.17, 15) is 21.6 Å². The lowest BCUT2D eigenvalue weighted by Gasteiger charge is -2.16. The third-order valence-electron chi connectivity index (χ3n) is 3.29. The van der Waals surface area contributed by atoms with Crippen molar-refractivity contribution in [2.45, 2.75) is 30.2 Å². The van der Waals surface area contributed by atoms with Crippen molar-refractivity contribution in [2.24, 2.45) is 5.41 Å². The largest absolute Gasteiger partial charge is 0.501 e. The SMILES string of the molecule is CC1(CNc2ccccc2S(=O)(=O)C(F)(F)F)CC1. The van der Waals surface area contributed by atoms with Gasteiger partial charge in [0.25, 0.3) is 9.84 Å². The Hall–Kier alpha value is -1.24. The highest BCUT2D eigenvalue weighted by Gasteiger charge is 2.48. The molecule has 19 heavy (non-hydrogen) atoms. The van der Waals surface area contributed by atoms with E-state index >= 15 is 0 Å². The minimum absolute atomic E-state index is 0.00736. The summed E-state index contributed by atoms with van der Waals surface area (Å²) < 4.78 is 60.6. The third kappa shape index (κ3) is 2.86. The molecule has 0 atom stereocenters. The Morgan fingerprint density at radius 2 is 1.84 bits per heavy atom. The zero-order valence-electron chi connectivity index (χ0n) is 10.3. The van der Waals surface area contributed by atoms with Crippen LogP contribution in [-0.2, 0) is 9.84 Å². The summed E-state index contributed by atoms with van der Waals surface area (Å²) in [7, 11) is -5.32. The maximum absolute atomic E-state index is 12.6. The van der Waals surface area contributed by atoms with Gasteiger partial charge in [-0.25, -0.2) is 8.42 Å². The Balaban J connectivity index is 2.31. The molecule has 1 fully saturated rings. The van der Waals surface area contributed by atoms with Crippen LogP contribution in [0.2, 0.25) is 0 Å². The summed E-state index contributed by atoms with van der Waals surface area (Å²) in [6.45, 7) is 2.47. The quantitative estimate of drug-likeness (QED) is 0.927. The van der Waals surface area contributed by atoms with E-state index in [1.54, 1.807) is 0 Å². The maximum atomic E-state index is 12.6. The van der Waals surface area contributed by atoms with E-state index in [1.165, 1.54) is 18.2 Å². The predicted octanol–water partition coefficient (Wildman–Crippen LogP) is 3.19. The molecule has 0 aromatic heterocycles. The molecule has 0 saturated heterocycles. The number of alkyl halides is 3. The predicted molar refractivity (Wildman–Crippen MR) is 65.5 cm³/mol. The lowest BCUT2D eigenvalue weighted by Crippen LogP contribution is -2.25. The Morgan fingerprint density at radius 1 is 1.26 bits per heavy atom. The molecule has 1 N–H and O–H groups in total. The molecule has 0 unspecified atom stereocenters. The van der Waals surface area contributed by atoms with Gasteiger partial charge in [0.2, 0.25) is 0 Å². The molecule has 1 aromatic rings. The average Bonchev–Trinajstić information content (AvgIpc) is 3.04. The molecular formula is C12H14F3NO2S. The topological polar surface area (TPSA) is 46.2 Å². The Bertz CT molecular complexity index is 577. The Labute approximate surface area is 109 Å². The van der Waals surface area contributed by atoms with Gasteiger partial charge in [-0.2, -0.15) is 13.2 Å². The van der Waals surface area contributed by atoms with Crippen molar-refractivity contribution in [3.63, 3.8) is 0 Å². The molecule has 0 heterocycles. The van der Waals surface area contributed by atoms with Crippen LogP contribution < -0.4 is 5.32 Å². The van der Waals surface area contributed by atoms with Crippen LogP contribution in [0.25, 0.3) is 0 Å². The first-order valence-electron chi connectivity index (χ1n) is 5.80. The molecule has 7 heteroatoms. The molecule has 0 spiro atoms. The number of hydrogen-bond donors (Lipinski definition) is 1. The number of benzene rings is 1. The first-order valence-corrected chi connectivity index (χ1v) is 7.28. The number of anilines is 1. The Kier molecular flexibility index (Phi) is 3.28.